The van der Waals surface area contributed by atoms with E-state index < -0.39 is 5.92 Å². The van der Waals surface area contributed by atoms with Crippen LogP contribution in [0.15, 0.2) is 47.3 Å². The average Bonchev–Trinajstić information content (AvgIpc) is 2.71. The first-order chi connectivity index (χ1) is 14.4. The minimum atomic E-state index is -0.429. The monoisotopic (exact) mass is 425 g/mol. The molecule has 2 N–H and O–H groups in total. The fourth-order valence-corrected chi connectivity index (χ4v) is 3.79. The lowest BCUT2D eigenvalue weighted by Gasteiger charge is -2.25. The van der Waals surface area contributed by atoms with Gasteiger partial charge in [0.2, 0.25) is 5.91 Å². The van der Waals surface area contributed by atoms with Gasteiger partial charge < -0.3 is 19.8 Å². The van der Waals surface area contributed by atoms with Crippen molar-refractivity contribution in [3.63, 3.8) is 0 Å². The maximum atomic E-state index is 12.6. The number of nitrogens with zero attached hydrogens (tertiary/aromatic N) is 1. The summed E-state index contributed by atoms with van der Waals surface area (Å²) >= 11 is 6.02. The van der Waals surface area contributed by atoms with Gasteiger partial charge in [-0.05, 0) is 42.3 Å². The molecule has 0 radical (unpaired) electrons. The van der Waals surface area contributed by atoms with Crippen molar-refractivity contribution in [2.24, 2.45) is 0 Å². The fourth-order valence-electron chi connectivity index (χ4n) is 3.58. The number of hydrogen-bond acceptors (Lipinski definition) is 5. The highest BCUT2D eigenvalue weighted by molar-refractivity contribution is 6.30. The number of aryl methyl sites for hydroxylation is 1. The predicted molar refractivity (Wildman–Crippen MR) is 113 cm³/mol. The van der Waals surface area contributed by atoms with Gasteiger partial charge in [0.25, 0.3) is 5.56 Å². The van der Waals surface area contributed by atoms with Gasteiger partial charge in [0.05, 0.1) is 12.7 Å². The molecule has 3 aromatic rings. The van der Waals surface area contributed by atoms with E-state index in [0.29, 0.717) is 40.3 Å². The van der Waals surface area contributed by atoms with Gasteiger partial charge in [-0.15, -0.1) is 0 Å². The van der Waals surface area contributed by atoms with E-state index in [4.69, 9.17) is 21.1 Å². The number of hydrogen-bond donors (Lipinski definition) is 2. The lowest BCUT2D eigenvalue weighted by molar-refractivity contribution is -0.116. The van der Waals surface area contributed by atoms with Crippen LogP contribution in [0.1, 0.15) is 34.9 Å². The molecule has 4 rings (SSSR count). The maximum Gasteiger partial charge on any atom is 0.256 e. The normalized spacial score (nSPS) is 15.3. The number of methoxy groups -OCH3 is 1. The summed E-state index contributed by atoms with van der Waals surface area (Å²) in [6, 6.07) is 12.8. The molecule has 7 nitrogen and oxygen atoms in total. The zero-order chi connectivity index (χ0) is 21.3. The van der Waals surface area contributed by atoms with Crippen LogP contribution in [0.5, 0.6) is 11.5 Å². The number of rotatable bonds is 5. The van der Waals surface area contributed by atoms with Crippen LogP contribution in [0, 0.1) is 6.92 Å². The van der Waals surface area contributed by atoms with Crippen LogP contribution in [-0.4, -0.2) is 23.0 Å². The van der Waals surface area contributed by atoms with Crippen molar-refractivity contribution in [1.29, 1.82) is 0 Å². The van der Waals surface area contributed by atoms with Gasteiger partial charge in [-0.25, -0.2) is 4.98 Å². The van der Waals surface area contributed by atoms with Crippen molar-refractivity contribution >= 4 is 23.3 Å². The molecule has 0 saturated carbocycles. The van der Waals surface area contributed by atoms with Crippen molar-refractivity contribution < 1.29 is 14.3 Å². The number of fused-ring (bicyclic) bond motifs is 1. The Morgan fingerprint density at radius 1 is 1.17 bits per heavy atom. The van der Waals surface area contributed by atoms with Crippen LogP contribution in [0.3, 0.4) is 0 Å². The first kappa shape index (κ1) is 20.0. The zero-order valence-electron chi connectivity index (χ0n) is 16.5. The summed E-state index contributed by atoms with van der Waals surface area (Å²) in [6.45, 7) is 2.00. The summed E-state index contributed by atoms with van der Waals surface area (Å²) in [6.07, 6.45) is 0.146. The third kappa shape index (κ3) is 4.02. The average molecular weight is 426 g/mol. The Morgan fingerprint density at radius 3 is 2.77 bits per heavy atom. The van der Waals surface area contributed by atoms with E-state index in [9.17, 15) is 9.59 Å². The lowest BCUT2D eigenvalue weighted by Crippen LogP contribution is -2.31. The van der Waals surface area contributed by atoms with Crippen LogP contribution in [-0.2, 0) is 11.4 Å². The Bertz CT molecular complexity index is 1180. The minimum Gasteiger partial charge on any atom is -0.493 e. The van der Waals surface area contributed by atoms with E-state index in [1.54, 1.807) is 32.2 Å². The molecule has 1 amide bonds. The number of benzene rings is 2. The largest absolute Gasteiger partial charge is 0.493 e. The van der Waals surface area contributed by atoms with Gasteiger partial charge >= 0.3 is 0 Å². The Kier molecular flexibility index (Phi) is 5.46. The molecule has 154 valence electrons. The quantitative estimate of drug-likeness (QED) is 0.648. The van der Waals surface area contributed by atoms with Crippen molar-refractivity contribution in [1.82, 2.24) is 9.97 Å². The molecule has 0 spiro atoms. The Balaban J connectivity index is 1.65. The number of amides is 1. The summed E-state index contributed by atoms with van der Waals surface area (Å²) in [5, 5.41) is 3.33. The van der Waals surface area contributed by atoms with Gasteiger partial charge in [-0.3, -0.25) is 9.59 Å². The fraction of sp³-hybridized carbons (Fsp3) is 0.227. The highest BCUT2D eigenvalue weighted by Gasteiger charge is 2.31. The molecule has 1 atom stereocenters. The Morgan fingerprint density at radius 2 is 2.00 bits per heavy atom. The number of carbonyl (C=O) groups excluding carboxylic acids is 1. The van der Waals surface area contributed by atoms with Crippen LogP contribution in [0.4, 0.5) is 5.82 Å². The van der Waals surface area contributed by atoms with E-state index >= 15 is 0 Å². The molecule has 2 heterocycles. The third-order valence-corrected chi connectivity index (χ3v) is 5.18. The number of aromatic nitrogens is 2. The summed E-state index contributed by atoms with van der Waals surface area (Å²) in [5.74, 6) is 1.20. The van der Waals surface area contributed by atoms with Crippen LogP contribution in [0.2, 0.25) is 5.02 Å². The van der Waals surface area contributed by atoms with E-state index in [1.165, 1.54) is 0 Å². The Labute approximate surface area is 178 Å². The second-order valence-electron chi connectivity index (χ2n) is 7.05. The second kappa shape index (κ2) is 8.20. The highest BCUT2D eigenvalue weighted by Crippen LogP contribution is 2.38. The standard InChI is InChI=1S/C22H20ClN3O4/c1-12-24-21-20(22(28)25-12)16(10-19(27)26-21)14-6-7-17(18(9-14)29-2)30-11-13-4-3-5-15(23)8-13/h3-9,16H,10-11H2,1-2H3,(H2,24,25,26,27,28)/t16-/m0/s1. The molecule has 30 heavy (non-hydrogen) atoms. The SMILES string of the molecule is COc1cc([C@@H]2CC(=O)Nc3nc(C)[nH]c(=O)c32)ccc1OCc1cccc(Cl)c1. The number of aromatic amines is 1. The molecule has 0 aliphatic carbocycles. The zero-order valence-corrected chi connectivity index (χ0v) is 17.2. The number of anilines is 1. The van der Waals surface area contributed by atoms with Crippen molar-refractivity contribution in [3.8, 4) is 11.5 Å². The molecule has 1 aromatic heterocycles. The molecule has 8 heteroatoms. The molecule has 1 aliphatic rings. The molecule has 0 unspecified atom stereocenters. The number of nitrogens with one attached hydrogen (secondary N) is 2. The summed E-state index contributed by atoms with van der Waals surface area (Å²) in [7, 11) is 1.55. The number of ether oxygens (including phenoxy) is 2. The van der Waals surface area contributed by atoms with E-state index in [2.05, 4.69) is 15.3 Å². The van der Waals surface area contributed by atoms with Gasteiger partial charge in [-0.1, -0.05) is 29.8 Å². The lowest BCUT2D eigenvalue weighted by atomic mass is 9.86. The summed E-state index contributed by atoms with van der Waals surface area (Å²) < 4.78 is 11.4. The molecular formula is C22H20ClN3O4. The van der Waals surface area contributed by atoms with Gasteiger partial charge in [-0.2, -0.15) is 0 Å². The predicted octanol–water partition coefficient (Wildman–Crippen LogP) is 3.79. The minimum absolute atomic E-state index is 0.146. The smallest absolute Gasteiger partial charge is 0.256 e. The maximum absolute atomic E-state index is 12.6. The summed E-state index contributed by atoms with van der Waals surface area (Å²) in [4.78, 5) is 31.8. The van der Waals surface area contributed by atoms with E-state index in [-0.39, 0.29) is 17.9 Å². The summed E-state index contributed by atoms with van der Waals surface area (Å²) in [5.41, 5.74) is 1.88. The van der Waals surface area contributed by atoms with E-state index in [0.717, 1.165) is 11.1 Å². The second-order valence-corrected chi connectivity index (χ2v) is 7.48. The number of halogens is 1. The first-order valence-corrected chi connectivity index (χ1v) is 9.78. The van der Waals surface area contributed by atoms with Gasteiger partial charge in [0.1, 0.15) is 18.2 Å². The van der Waals surface area contributed by atoms with Crippen molar-refractivity contribution in [2.75, 3.05) is 12.4 Å². The van der Waals surface area contributed by atoms with Crippen LogP contribution in [0.25, 0.3) is 0 Å². The van der Waals surface area contributed by atoms with E-state index in [1.807, 2.05) is 24.3 Å². The first-order valence-electron chi connectivity index (χ1n) is 9.40. The van der Waals surface area contributed by atoms with Gasteiger partial charge in [0, 0.05) is 17.4 Å². The van der Waals surface area contributed by atoms with Crippen LogP contribution >= 0.6 is 11.6 Å². The van der Waals surface area contributed by atoms with Crippen molar-refractivity contribution in [2.45, 2.75) is 25.9 Å². The number of carbonyl (C=O) groups is 1. The third-order valence-electron chi connectivity index (χ3n) is 4.94. The molecule has 0 fully saturated rings. The molecule has 1 aliphatic heterocycles. The van der Waals surface area contributed by atoms with Crippen molar-refractivity contribution in [3.05, 3.63) is 80.4 Å². The highest BCUT2D eigenvalue weighted by atomic mass is 35.5. The number of H-pyrrole nitrogens is 1. The van der Waals surface area contributed by atoms with Crippen LogP contribution < -0.4 is 20.3 Å². The molecule has 2 aromatic carbocycles. The molecular weight excluding hydrogens is 406 g/mol. The topological polar surface area (TPSA) is 93.3 Å². The Hall–Kier alpha value is -3.32. The molecule has 0 saturated heterocycles. The van der Waals surface area contributed by atoms with Gasteiger partial charge in [0.15, 0.2) is 11.5 Å². The molecule has 0 bridgehead atoms.